The SMILES string of the molecule is CC(C)Cn1c(Cl)nc2c(N3CCOC[C@@H]3C)nc(-c3cnc(N)nc3)nc21.CC(C)Cn1c(N2CCNCC2)nc2c(N3CCOC[C@@H]3C)nc(-c3cnc(N)nc3)nc21. The highest BCUT2D eigenvalue weighted by atomic mass is 35.5. The Balaban J connectivity index is 0.000000171. The summed E-state index contributed by atoms with van der Waals surface area (Å²) in [5.41, 5.74) is 15.8. The van der Waals surface area contributed by atoms with Gasteiger partial charge in [-0.3, -0.25) is 9.13 Å². The summed E-state index contributed by atoms with van der Waals surface area (Å²) < 4.78 is 15.5. The van der Waals surface area contributed by atoms with E-state index in [1.54, 1.807) is 24.8 Å². The van der Waals surface area contributed by atoms with Gasteiger partial charge < -0.3 is 41.0 Å². The van der Waals surface area contributed by atoms with Crippen LogP contribution in [0.5, 0.6) is 0 Å². The average Bonchev–Trinajstić information content (AvgIpc) is 3.77. The molecule has 0 aromatic carbocycles. The Hall–Kier alpha value is -5.57. The number of halogens is 1. The van der Waals surface area contributed by atoms with E-state index in [9.17, 15) is 0 Å². The van der Waals surface area contributed by atoms with Crippen LogP contribution in [0.2, 0.25) is 5.28 Å². The molecule has 6 aromatic heterocycles. The highest BCUT2D eigenvalue weighted by Crippen LogP contribution is 2.34. The Labute approximate surface area is 359 Å². The third-order valence-electron chi connectivity index (χ3n) is 10.7. The van der Waals surface area contributed by atoms with Crippen molar-refractivity contribution in [1.82, 2.24) is 64.3 Å². The molecule has 2 atom stereocenters. The van der Waals surface area contributed by atoms with Gasteiger partial charge in [-0.2, -0.15) is 0 Å². The normalized spacial score (nSPS) is 18.7. The standard InChI is InChI=1S/C22H32N10O.C18H23ClN8O/c1-14(2)12-32-20-17(27-22(32)30-6-4-24-5-7-30)19(31-8-9-33-13-15(31)3)28-18(29-20)16-10-25-21(23)26-11-16;1-10(2)8-27-16-13(23-17(27)19)15(26-4-5-28-9-11(26)3)24-14(25-16)12-6-21-18(20)22-7-12/h10-11,14-15,24H,4-9,12-13H2,1-3H3,(H2,23,25,26);6-7,10-11H,4-5,8-9H2,1-3H3,(H2,20,21,22)/t15-;11-/m00/s1. The van der Waals surface area contributed by atoms with Crippen LogP contribution < -0.4 is 31.5 Å². The maximum atomic E-state index is 6.48. The Morgan fingerprint density at radius 2 is 1.11 bits per heavy atom. The van der Waals surface area contributed by atoms with Crippen LogP contribution in [0.25, 0.3) is 45.1 Å². The number of nitrogens with zero attached hydrogens (tertiary/aromatic N) is 15. The van der Waals surface area contributed by atoms with Crippen molar-refractivity contribution < 1.29 is 9.47 Å². The highest BCUT2D eigenvalue weighted by molar-refractivity contribution is 6.29. The van der Waals surface area contributed by atoms with Crippen LogP contribution in [-0.4, -0.2) is 137 Å². The zero-order valence-corrected chi connectivity index (χ0v) is 36.4. The largest absolute Gasteiger partial charge is 0.377 e. The topological polar surface area (TPSA) is 231 Å². The van der Waals surface area contributed by atoms with E-state index in [1.165, 1.54) is 0 Å². The van der Waals surface area contributed by atoms with Gasteiger partial charge in [-0.1, -0.05) is 27.7 Å². The number of nitrogens with one attached hydrogen (secondary N) is 1. The van der Waals surface area contributed by atoms with Gasteiger partial charge in [-0.05, 0) is 37.3 Å². The first-order valence-electron chi connectivity index (χ1n) is 21.0. The molecule has 0 amide bonds. The van der Waals surface area contributed by atoms with Crippen molar-refractivity contribution in [1.29, 1.82) is 0 Å². The molecule has 5 N–H and O–H groups in total. The Morgan fingerprint density at radius 3 is 1.59 bits per heavy atom. The smallest absolute Gasteiger partial charge is 0.219 e. The maximum absolute atomic E-state index is 6.48. The predicted molar refractivity (Wildman–Crippen MR) is 237 cm³/mol. The number of aromatic nitrogens is 12. The molecule has 324 valence electrons. The number of ether oxygens (including phenoxy) is 2. The van der Waals surface area contributed by atoms with Gasteiger partial charge in [-0.15, -0.1) is 0 Å². The van der Waals surface area contributed by atoms with Crippen molar-refractivity contribution in [3.8, 4) is 22.8 Å². The van der Waals surface area contributed by atoms with Crippen molar-refractivity contribution in [3.05, 3.63) is 30.1 Å². The summed E-state index contributed by atoms with van der Waals surface area (Å²) in [7, 11) is 0. The molecule has 9 heterocycles. The molecule has 3 aliphatic rings. The summed E-state index contributed by atoms with van der Waals surface area (Å²) in [6.45, 7) is 22.3. The molecule has 0 radical (unpaired) electrons. The summed E-state index contributed by atoms with van der Waals surface area (Å²) in [6, 6.07) is 0.349. The number of hydrogen-bond donors (Lipinski definition) is 3. The Bertz CT molecular complexity index is 2430. The molecule has 0 unspecified atom stereocenters. The molecule has 21 heteroatoms. The summed E-state index contributed by atoms with van der Waals surface area (Å²) in [5, 5.41) is 3.84. The van der Waals surface area contributed by atoms with Gasteiger partial charge in [0.15, 0.2) is 45.6 Å². The number of nitrogen functional groups attached to an aromatic ring is 2. The molecule has 9 rings (SSSR count). The average molecular weight is 855 g/mol. The quantitative estimate of drug-likeness (QED) is 0.177. The Morgan fingerprint density at radius 1 is 0.656 bits per heavy atom. The zero-order chi connectivity index (χ0) is 42.8. The van der Waals surface area contributed by atoms with Crippen LogP contribution in [0.4, 0.5) is 29.5 Å². The fraction of sp³-hybridized carbons (Fsp3) is 0.550. The lowest BCUT2D eigenvalue weighted by molar-refractivity contribution is 0.0986. The molecule has 0 bridgehead atoms. The van der Waals surface area contributed by atoms with Gasteiger partial charge >= 0.3 is 0 Å². The van der Waals surface area contributed by atoms with Crippen molar-refractivity contribution >= 4 is 63.4 Å². The highest BCUT2D eigenvalue weighted by Gasteiger charge is 2.30. The number of anilines is 5. The molecule has 3 fully saturated rings. The fourth-order valence-corrected chi connectivity index (χ4v) is 7.98. The molecule has 6 aromatic rings. The minimum absolute atomic E-state index is 0.163. The lowest BCUT2D eigenvalue weighted by Gasteiger charge is -2.34. The van der Waals surface area contributed by atoms with Crippen molar-refractivity contribution in [2.24, 2.45) is 11.8 Å². The fourth-order valence-electron chi connectivity index (χ4n) is 7.75. The van der Waals surface area contributed by atoms with Crippen LogP contribution in [0.3, 0.4) is 0 Å². The van der Waals surface area contributed by atoms with Crippen LogP contribution in [-0.2, 0) is 22.6 Å². The second-order valence-corrected chi connectivity index (χ2v) is 16.9. The number of morpholine rings is 2. The maximum Gasteiger partial charge on any atom is 0.219 e. The van der Waals surface area contributed by atoms with Gasteiger partial charge in [0.1, 0.15) is 0 Å². The van der Waals surface area contributed by atoms with Crippen molar-refractivity contribution in [2.75, 3.05) is 91.9 Å². The number of piperazine rings is 1. The first kappa shape index (κ1) is 42.1. The third kappa shape index (κ3) is 9.07. The second-order valence-electron chi connectivity index (χ2n) is 16.5. The summed E-state index contributed by atoms with van der Waals surface area (Å²) in [4.78, 5) is 52.6. The monoisotopic (exact) mass is 854 g/mol. The summed E-state index contributed by atoms with van der Waals surface area (Å²) in [5.74, 6) is 4.90. The van der Waals surface area contributed by atoms with Gasteiger partial charge in [0, 0.05) is 77.1 Å². The summed E-state index contributed by atoms with van der Waals surface area (Å²) >= 11 is 6.48. The number of rotatable bonds is 9. The molecule has 0 saturated carbocycles. The van der Waals surface area contributed by atoms with Gasteiger partial charge in [-0.25, -0.2) is 49.8 Å². The van der Waals surface area contributed by atoms with Crippen LogP contribution in [0.1, 0.15) is 41.5 Å². The van der Waals surface area contributed by atoms with Gasteiger partial charge in [0.05, 0.1) is 49.6 Å². The van der Waals surface area contributed by atoms with Crippen LogP contribution in [0, 0.1) is 11.8 Å². The molecule has 0 aliphatic carbocycles. The van der Waals surface area contributed by atoms with Gasteiger partial charge in [0.2, 0.25) is 23.1 Å². The molecular weight excluding hydrogens is 800 g/mol. The first-order chi connectivity index (χ1) is 29.4. The number of nitrogens with two attached hydrogens (primary N) is 2. The molecule has 20 nitrogen and oxygen atoms in total. The van der Waals surface area contributed by atoms with E-state index >= 15 is 0 Å². The minimum atomic E-state index is 0.163. The third-order valence-corrected chi connectivity index (χ3v) is 11.0. The van der Waals surface area contributed by atoms with Crippen LogP contribution in [0.15, 0.2) is 24.8 Å². The lowest BCUT2D eigenvalue weighted by atomic mass is 10.2. The number of hydrogen-bond acceptors (Lipinski definition) is 18. The molecular formula is C40H55ClN18O2. The van der Waals surface area contributed by atoms with E-state index in [1.807, 2.05) is 4.57 Å². The number of fused-ring (bicyclic) bond motifs is 2. The van der Waals surface area contributed by atoms with E-state index in [4.69, 9.17) is 57.5 Å². The van der Waals surface area contributed by atoms with E-state index in [0.29, 0.717) is 78.5 Å². The van der Waals surface area contributed by atoms with Crippen molar-refractivity contribution in [2.45, 2.75) is 66.7 Å². The minimum Gasteiger partial charge on any atom is -0.377 e. The van der Waals surface area contributed by atoms with Gasteiger partial charge in [0.25, 0.3) is 0 Å². The first-order valence-corrected chi connectivity index (χ1v) is 21.3. The van der Waals surface area contributed by atoms with Crippen LogP contribution >= 0.6 is 11.6 Å². The number of imidazole rings is 2. The Kier molecular flexibility index (Phi) is 12.6. The summed E-state index contributed by atoms with van der Waals surface area (Å²) in [6.07, 6.45) is 6.61. The zero-order valence-electron chi connectivity index (χ0n) is 35.7. The second kappa shape index (κ2) is 18.2. The van der Waals surface area contributed by atoms with E-state index in [0.717, 1.165) is 80.1 Å². The molecule has 61 heavy (non-hydrogen) atoms. The van der Waals surface area contributed by atoms with E-state index in [2.05, 4.69) is 91.0 Å². The predicted octanol–water partition coefficient (Wildman–Crippen LogP) is 3.56. The molecule has 3 saturated heterocycles. The molecule has 3 aliphatic heterocycles. The van der Waals surface area contributed by atoms with E-state index < -0.39 is 0 Å². The lowest BCUT2D eigenvalue weighted by Crippen LogP contribution is -2.44. The van der Waals surface area contributed by atoms with Crippen molar-refractivity contribution in [3.63, 3.8) is 0 Å². The molecule has 0 spiro atoms. The van der Waals surface area contributed by atoms with E-state index in [-0.39, 0.29) is 24.0 Å².